The minimum atomic E-state index is -0.366. The molecule has 1 heterocycles. The minimum Gasteiger partial charge on any atom is -1.00 e. The van der Waals surface area contributed by atoms with Gasteiger partial charge in [-0.2, -0.15) is 4.57 Å². The molecule has 0 unspecified atom stereocenters. The topological polar surface area (TPSA) is 47.0 Å². The first-order valence-corrected chi connectivity index (χ1v) is 11.2. The number of rotatable bonds is 6. The van der Waals surface area contributed by atoms with Crippen molar-refractivity contribution in [3.05, 3.63) is 82.2 Å². The van der Waals surface area contributed by atoms with Crippen LogP contribution in [0.25, 0.3) is 12.2 Å². The Bertz CT molecular complexity index is 961. The fraction of sp³-hybridized carbons (Fsp3) is 0.423. The molecule has 0 aliphatic heterocycles. The second-order valence-electron chi connectivity index (χ2n) is 9.64. The van der Waals surface area contributed by atoms with E-state index in [2.05, 4.69) is 47.2 Å². The second-order valence-corrected chi connectivity index (χ2v) is 9.64. The third kappa shape index (κ3) is 4.82. The molecule has 4 aliphatic carbocycles. The number of benzene rings is 1. The monoisotopic (exact) mass is 480 g/mol. The number of halogens is 1. The molecular weight excluding hydrogens is 452 g/mol. The van der Waals surface area contributed by atoms with E-state index < -0.39 is 0 Å². The Balaban J connectivity index is 0.00000231. The fourth-order valence-electron chi connectivity index (χ4n) is 6.49. The molecular formula is C26H29BrN2O2. The van der Waals surface area contributed by atoms with Gasteiger partial charge in [-0.15, -0.1) is 0 Å². The standard InChI is InChI=1S/C26H29N2O2.BrH/c29-28(30)25-9-6-20(7-10-25)5-8-24-4-1-2-12-27(24)13-3-11-26-17-21-14-22(18-26)16-23(15-21)19-26;/h1-12,21-23H,13-19H2;1H/q+1;/p-1/b8-5+,11-3+;. The molecule has 5 heteroatoms. The van der Waals surface area contributed by atoms with E-state index in [1.165, 1.54) is 38.5 Å². The molecule has 6 rings (SSSR count). The molecule has 162 valence electrons. The predicted molar refractivity (Wildman–Crippen MR) is 118 cm³/mol. The molecule has 0 saturated heterocycles. The number of nitro groups is 1. The number of aromatic nitrogens is 1. The van der Waals surface area contributed by atoms with Gasteiger partial charge in [-0.05, 0) is 97.6 Å². The van der Waals surface area contributed by atoms with Gasteiger partial charge in [0, 0.05) is 30.3 Å². The highest BCUT2D eigenvalue weighted by Crippen LogP contribution is 2.60. The van der Waals surface area contributed by atoms with Crippen LogP contribution >= 0.6 is 0 Å². The molecule has 4 aliphatic rings. The largest absolute Gasteiger partial charge is 1.00 e. The Labute approximate surface area is 194 Å². The first kappa shape index (κ1) is 21.9. The molecule has 4 fully saturated rings. The summed E-state index contributed by atoms with van der Waals surface area (Å²) in [6, 6.07) is 12.9. The maximum absolute atomic E-state index is 10.8. The fourth-order valence-corrected chi connectivity index (χ4v) is 6.49. The zero-order chi connectivity index (χ0) is 20.6. The van der Waals surface area contributed by atoms with Gasteiger partial charge in [-0.1, -0.05) is 6.08 Å². The van der Waals surface area contributed by atoms with E-state index in [1.807, 2.05) is 6.08 Å². The van der Waals surface area contributed by atoms with E-state index in [0.717, 1.165) is 35.6 Å². The third-order valence-corrected chi connectivity index (χ3v) is 7.39. The number of allylic oxidation sites excluding steroid dienone is 2. The number of hydrogen-bond donors (Lipinski definition) is 0. The lowest BCUT2D eigenvalue weighted by molar-refractivity contribution is -0.688. The van der Waals surface area contributed by atoms with Crippen molar-refractivity contribution in [2.24, 2.45) is 23.2 Å². The van der Waals surface area contributed by atoms with Gasteiger partial charge in [0.2, 0.25) is 5.69 Å². The van der Waals surface area contributed by atoms with Crippen LogP contribution in [0.4, 0.5) is 5.69 Å². The minimum absolute atomic E-state index is 0. The summed E-state index contributed by atoms with van der Waals surface area (Å²) >= 11 is 0. The van der Waals surface area contributed by atoms with E-state index in [1.54, 1.807) is 24.3 Å². The Morgan fingerprint density at radius 2 is 1.61 bits per heavy atom. The molecule has 2 aromatic rings. The Morgan fingerprint density at radius 1 is 0.968 bits per heavy atom. The lowest BCUT2D eigenvalue weighted by Gasteiger charge is -2.55. The van der Waals surface area contributed by atoms with E-state index >= 15 is 0 Å². The lowest BCUT2D eigenvalue weighted by Crippen LogP contribution is -3.00. The van der Waals surface area contributed by atoms with Gasteiger partial charge in [0.25, 0.3) is 5.69 Å². The highest BCUT2D eigenvalue weighted by Gasteiger charge is 2.49. The summed E-state index contributed by atoms with van der Waals surface area (Å²) in [6.45, 7) is 0.878. The summed E-state index contributed by atoms with van der Waals surface area (Å²) in [6.07, 6.45) is 19.8. The lowest BCUT2D eigenvalue weighted by atomic mass is 9.49. The third-order valence-electron chi connectivity index (χ3n) is 7.39. The van der Waals surface area contributed by atoms with Gasteiger partial charge in [0.05, 0.1) is 4.92 Å². The molecule has 0 N–H and O–H groups in total. The summed E-state index contributed by atoms with van der Waals surface area (Å²) in [5.41, 5.74) is 2.68. The van der Waals surface area contributed by atoms with Crippen LogP contribution in [0.5, 0.6) is 0 Å². The number of nitrogens with zero attached hydrogens (tertiary/aromatic N) is 2. The van der Waals surface area contributed by atoms with Crippen LogP contribution in [0, 0.1) is 33.3 Å². The van der Waals surface area contributed by atoms with E-state index in [-0.39, 0.29) is 27.6 Å². The molecule has 4 saturated carbocycles. The van der Waals surface area contributed by atoms with Gasteiger partial charge in [0.15, 0.2) is 12.7 Å². The molecule has 4 bridgehead atoms. The van der Waals surface area contributed by atoms with Crippen LogP contribution in [0.2, 0.25) is 0 Å². The van der Waals surface area contributed by atoms with Gasteiger partial charge in [-0.25, -0.2) is 0 Å². The van der Waals surface area contributed by atoms with Crippen LogP contribution in [0.3, 0.4) is 0 Å². The molecule has 1 aromatic heterocycles. The Hall–Kier alpha value is -2.27. The smallest absolute Gasteiger partial charge is 0.269 e. The summed E-state index contributed by atoms with van der Waals surface area (Å²) in [4.78, 5) is 10.4. The van der Waals surface area contributed by atoms with Crippen molar-refractivity contribution >= 4 is 17.8 Å². The normalized spacial score (nSPS) is 28.8. The summed E-state index contributed by atoms with van der Waals surface area (Å²) < 4.78 is 2.26. The molecule has 0 amide bonds. The first-order valence-electron chi connectivity index (χ1n) is 11.2. The van der Waals surface area contributed by atoms with Gasteiger partial charge < -0.3 is 17.0 Å². The quantitative estimate of drug-likeness (QED) is 0.276. The number of nitro benzene ring substituents is 1. The van der Waals surface area contributed by atoms with Crippen molar-refractivity contribution in [2.75, 3.05) is 0 Å². The average molecular weight is 481 g/mol. The van der Waals surface area contributed by atoms with Crippen LogP contribution < -0.4 is 21.5 Å². The van der Waals surface area contributed by atoms with Crippen molar-refractivity contribution in [1.29, 1.82) is 0 Å². The van der Waals surface area contributed by atoms with E-state index in [0.29, 0.717) is 5.41 Å². The molecule has 31 heavy (non-hydrogen) atoms. The molecule has 0 radical (unpaired) electrons. The summed E-state index contributed by atoms with van der Waals surface area (Å²) in [7, 11) is 0. The van der Waals surface area contributed by atoms with Gasteiger partial charge in [0.1, 0.15) is 0 Å². The maximum Gasteiger partial charge on any atom is 0.269 e. The molecule has 1 aromatic carbocycles. The van der Waals surface area contributed by atoms with Crippen molar-refractivity contribution in [3.8, 4) is 0 Å². The van der Waals surface area contributed by atoms with Crippen LogP contribution in [0.15, 0.2) is 60.8 Å². The second kappa shape index (κ2) is 9.07. The molecule has 0 spiro atoms. The van der Waals surface area contributed by atoms with Crippen molar-refractivity contribution < 1.29 is 26.5 Å². The summed E-state index contributed by atoms with van der Waals surface area (Å²) in [5, 5.41) is 10.8. The average Bonchev–Trinajstić information content (AvgIpc) is 2.72. The van der Waals surface area contributed by atoms with E-state index in [4.69, 9.17) is 0 Å². The zero-order valence-electron chi connectivity index (χ0n) is 17.7. The van der Waals surface area contributed by atoms with E-state index in [9.17, 15) is 10.1 Å². The number of non-ortho nitro benzene ring substituents is 1. The van der Waals surface area contributed by atoms with Crippen LogP contribution in [-0.2, 0) is 6.54 Å². The van der Waals surface area contributed by atoms with Gasteiger partial charge >= 0.3 is 0 Å². The Kier molecular flexibility index (Phi) is 6.42. The maximum atomic E-state index is 10.8. The van der Waals surface area contributed by atoms with Crippen molar-refractivity contribution in [3.63, 3.8) is 0 Å². The summed E-state index contributed by atoms with van der Waals surface area (Å²) in [5.74, 6) is 2.93. The first-order chi connectivity index (χ1) is 14.6. The van der Waals surface area contributed by atoms with Crippen LogP contribution in [-0.4, -0.2) is 4.92 Å². The van der Waals surface area contributed by atoms with Crippen molar-refractivity contribution in [1.82, 2.24) is 0 Å². The highest BCUT2D eigenvalue weighted by molar-refractivity contribution is 5.67. The highest BCUT2D eigenvalue weighted by atomic mass is 79.9. The number of pyridine rings is 1. The van der Waals surface area contributed by atoms with Gasteiger partial charge in [-0.3, -0.25) is 10.1 Å². The predicted octanol–water partition coefficient (Wildman–Crippen LogP) is 2.83. The molecule has 4 nitrogen and oxygen atoms in total. The zero-order valence-corrected chi connectivity index (χ0v) is 19.3. The Morgan fingerprint density at radius 3 is 2.23 bits per heavy atom. The molecule has 0 atom stereocenters. The number of hydrogen-bond acceptors (Lipinski definition) is 2. The SMILES string of the molecule is O=[N+]([O-])c1ccc(/C=C/c2cccc[n+]2C/C=C/C23CC4CC(CC(C4)C2)C3)cc1.[Br-]. The van der Waals surface area contributed by atoms with Crippen LogP contribution in [0.1, 0.15) is 49.8 Å². The van der Waals surface area contributed by atoms with Crippen molar-refractivity contribution in [2.45, 2.75) is 45.1 Å².